The molecule has 1 spiro atoms. The first-order valence-corrected chi connectivity index (χ1v) is 10.3. The molecule has 1 aliphatic heterocycles. The molecule has 0 aromatic heterocycles. The Balaban J connectivity index is 1.71. The number of nitrogens with zero attached hydrogens (tertiary/aromatic N) is 1. The van der Waals surface area contributed by atoms with Crippen molar-refractivity contribution in [2.75, 3.05) is 5.32 Å². The van der Waals surface area contributed by atoms with Crippen LogP contribution in [-0.4, -0.2) is 5.84 Å². The largest absolute Gasteiger partial charge is 0.343 e. The lowest BCUT2D eigenvalue weighted by Gasteiger charge is -2.40. The van der Waals surface area contributed by atoms with Gasteiger partial charge in [-0.25, -0.2) is 0 Å². The predicted molar refractivity (Wildman–Crippen MR) is 112 cm³/mol. The van der Waals surface area contributed by atoms with Crippen LogP contribution in [0.5, 0.6) is 0 Å². The summed E-state index contributed by atoms with van der Waals surface area (Å²) in [5, 5.41) is 4.86. The lowest BCUT2D eigenvalue weighted by Crippen LogP contribution is -2.42. The maximum Gasteiger partial charge on any atom is 0.108 e. The van der Waals surface area contributed by atoms with Gasteiger partial charge in [-0.2, -0.15) is 0 Å². The summed E-state index contributed by atoms with van der Waals surface area (Å²) in [6, 6.07) is 14.4. The Kier molecular flexibility index (Phi) is 5.24. The maximum absolute atomic E-state index is 6.29. The summed E-state index contributed by atoms with van der Waals surface area (Å²) in [6.07, 6.45) is 8.55. The standard InChI is InChI=1S/C22H24Cl2N2/c23-18-12-17-14-22(10-6-1-2-7-11-22)21(26-20(17)13-19(18)24)25-15-16-8-4-3-5-9-16/h3-5,8-9,12-13H,1-2,6-7,10-11,14-15H2,(H,25,26). The zero-order chi connectivity index (χ0) is 18.0. The minimum absolute atomic E-state index is 0.107. The van der Waals surface area contributed by atoms with E-state index in [-0.39, 0.29) is 5.41 Å². The number of nitrogens with one attached hydrogen (secondary N) is 1. The highest BCUT2D eigenvalue weighted by Gasteiger charge is 2.40. The zero-order valence-corrected chi connectivity index (χ0v) is 16.4. The Bertz CT molecular complexity index is 806. The molecule has 2 aliphatic rings. The molecule has 2 nitrogen and oxygen atoms in total. The van der Waals surface area contributed by atoms with Crippen LogP contribution in [0.25, 0.3) is 0 Å². The lowest BCUT2D eigenvalue weighted by molar-refractivity contribution is 0.354. The van der Waals surface area contributed by atoms with Crippen molar-refractivity contribution < 1.29 is 0 Å². The second kappa shape index (κ2) is 7.62. The predicted octanol–water partition coefficient (Wildman–Crippen LogP) is 6.90. The number of rotatable bonds is 2. The molecule has 26 heavy (non-hydrogen) atoms. The summed E-state index contributed by atoms with van der Waals surface area (Å²) in [5.74, 6) is 1.13. The van der Waals surface area contributed by atoms with Gasteiger partial charge in [0, 0.05) is 11.1 Å². The number of amidine groups is 1. The first-order chi connectivity index (χ1) is 12.7. The third-order valence-corrected chi connectivity index (χ3v) is 6.48. The van der Waals surface area contributed by atoms with Gasteiger partial charge >= 0.3 is 0 Å². The summed E-state index contributed by atoms with van der Waals surface area (Å²) in [4.78, 5) is 5.05. The van der Waals surface area contributed by atoms with Crippen molar-refractivity contribution in [3.63, 3.8) is 0 Å². The summed E-state index contributed by atoms with van der Waals surface area (Å²) in [6.45, 7) is 0.710. The fourth-order valence-corrected chi connectivity index (χ4v) is 4.69. The van der Waals surface area contributed by atoms with Crippen molar-refractivity contribution >= 4 is 34.7 Å². The molecular weight excluding hydrogens is 363 g/mol. The van der Waals surface area contributed by atoms with Gasteiger partial charge in [0.25, 0.3) is 0 Å². The van der Waals surface area contributed by atoms with Crippen molar-refractivity contribution in [3.8, 4) is 0 Å². The maximum atomic E-state index is 6.29. The van der Waals surface area contributed by atoms with E-state index < -0.39 is 0 Å². The molecule has 0 unspecified atom stereocenters. The van der Waals surface area contributed by atoms with Crippen LogP contribution in [0.3, 0.4) is 0 Å². The van der Waals surface area contributed by atoms with Crippen LogP contribution in [0.4, 0.5) is 5.69 Å². The van der Waals surface area contributed by atoms with Gasteiger partial charge in [-0.15, -0.1) is 0 Å². The molecule has 4 heteroatoms. The van der Waals surface area contributed by atoms with Gasteiger partial charge < -0.3 is 5.32 Å². The molecule has 1 heterocycles. The Labute approximate surface area is 165 Å². The fourth-order valence-electron chi connectivity index (χ4n) is 4.34. The van der Waals surface area contributed by atoms with Crippen LogP contribution >= 0.6 is 23.2 Å². The summed E-state index contributed by atoms with van der Waals surface area (Å²) < 4.78 is 0. The number of hydrogen-bond donors (Lipinski definition) is 1. The van der Waals surface area contributed by atoms with E-state index in [0.29, 0.717) is 16.6 Å². The molecule has 0 amide bonds. The zero-order valence-electron chi connectivity index (χ0n) is 14.9. The smallest absolute Gasteiger partial charge is 0.108 e. The molecule has 1 saturated carbocycles. The van der Waals surface area contributed by atoms with Crippen LogP contribution < -0.4 is 5.32 Å². The molecule has 0 bridgehead atoms. The van der Waals surface area contributed by atoms with Gasteiger partial charge in [-0.1, -0.05) is 79.2 Å². The number of anilines is 1. The number of halogens is 2. The van der Waals surface area contributed by atoms with Gasteiger partial charge in [0.05, 0.1) is 16.6 Å². The molecule has 4 rings (SSSR count). The molecule has 0 radical (unpaired) electrons. The molecule has 1 aliphatic carbocycles. The van der Waals surface area contributed by atoms with E-state index >= 15 is 0 Å². The van der Waals surface area contributed by atoms with Crippen LogP contribution in [0.15, 0.2) is 47.5 Å². The molecule has 136 valence electrons. The van der Waals surface area contributed by atoms with Gasteiger partial charge in [0.1, 0.15) is 5.84 Å². The van der Waals surface area contributed by atoms with Crippen molar-refractivity contribution in [3.05, 3.63) is 63.6 Å². The second-order valence-electron chi connectivity index (χ2n) is 7.57. The van der Waals surface area contributed by atoms with Crippen LogP contribution in [0.1, 0.15) is 49.7 Å². The van der Waals surface area contributed by atoms with E-state index in [1.165, 1.54) is 49.7 Å². The molecule has 1 fully saturated rings. The Morgan fingerprint density at radius 1 is 0.923 bits per heavy atom. The second-order valence-corrected chi connectivity index (χ2v) is 8.38. The minimum atomic E-state index is 0.107. The normalized spacial score (nSPS) is 20.5. The van der Waals surface area contributed by atoms with Crippen molar-refractivity contribution in [1.29, 1.82) is 0 Å². The Morgan fingerprint density at radius 3 is 2.35 bits per heavy atom. The molecule has 2 aromatic carbocycles. The quantitative estimate of drug-likeness (QED) is 0.595. The first kappa shape index (κ1) is 17.9. The van der Waals surface area contributed by atoms with E-state index in [0.717, 1.165) is 17.9 Å². The van der Waals surface area contributed by atoms with Crippen LogP contribution in [-0.2, 0) is 13.0 Å². The van der Waals surface area contributed by atoms with Crippen molar-refractivity contribution in [2.45, 2.75) is 51.5 Å². The van der Waals surface area contributed by atoms with Crippen molar-refractivity contribution in [2.24, 2.45) is 10.4 Å². The third-order valence-electron chi connectivity index (χ3n) is 5.75. The average Bonchev–Trinajstić information content (AvgIpc) is 2.89. The fraction of sp³-hybridized carbons (Fsp3) is 0.409. The number of aliphatic imine (C=N–C) groups is 1. The van der Waals surface area contributed by atoms with Gasteiger partial charge in [-0.05, 0) is 42.5 Å². The summed E-state index contributed by atoms with van der Waals surface area (Å²) in [5.41, 5.74) is 3.67. The lowest BCUT2D eigenvalue weighted by atomic mass is 9.72. The average molecular weight is 387 g/mol. The SMILES string of the molecule is Clc1cc2c(cc1Cl)NC(=NCc1ccccc1)C1(CCCCCC1)C2. The van der Waals surface area contributed by atoms with E-state index in [9.17, 15) is 0 Å². The van der Waals surface area contributed by atoms with E-state index in [2.05, 4.69) is 29.6 Å². The van der Waals surface area contributed by atoms with Gasteiger partial charge in [0.15, 0.2) is 0 Å². The number of benzene rings is 2. The number of fused-ring (bicyclic) bond motifs is 1. The summed E-state index contributed by atoms with van der Waals surface area (Å²) in [7, 11) is 0. The highest BCUT2D eigenvalue weighted by molar-refractivity contribution is 6.42. The monoisotopic (exact) mass is 386 g/mol. The molecule has 0 atom stereocenters. The third kappa shape index (κ3) is 3.63. The van der Waals surface area contributed by atoms with Gasteiger partial charge in [0.2, 0.25) is 0 Å². The Hall–Kier alpha value is -1.51. The molecule has 2 aromatic rings. The first-order valence-electron chi connectivity index (χ1n) is 9.50. The van der Waals surface area contributed by atoms with Gasteiger partial charge in [-0.3, -0.25) is 4.99 Å². The van der Waals surface area contributed by atoms with E-state index in [4.69, 9.17) is 28.2 Å². The topological polar surface area (TPSA) is 24.4 Å². The minimum Gasteiger partial charge on any atom is -0.343 e. The highest BCUT2D eigenvalue weighted by atomic mass is 35.5. The van der Waals surface area contributed by atoms with E-state index in [1.807, 2.05) is 18.2 Å². The summed E-state index contributed by atoms with van der Waals surface area (Å²) >= 11 is 12.6. The molecule has 1 N–H and O–H groups in total. The van der Waals surface area contributed by atoms with E-state index in [1.54, 1.807) is 0 Å². The Morgan fingerprint density at radius 2 is 1.62 bits per heavy atom. The van der Waals surface area contributed by atoms with Crippen LogP contribution in [0, 0.1) is 5.41 Å². The van der Waals surface area contributed by atoms with Crippen LogP contribution in [0.2, 0.25) is 10.0 Å². The molecule has 0 saturated heterocycles. The highest BCUT2D eigenvalue weighted by Crippen LogP contribution is 2.45. The molecular formula is C22H24Cl2N2. The number of hydrogen-bond acceptors (Lipinski definition) is 1. The van der Waals surface area contributed by atoms with Crippen molar-refractivity contribution in [1.82, 2.24) is 0 Å².